The summed E-state index contributed by atoms with van der Waals surface area (Å²) in [4.78, 5) is 4.54. The third kappa shape index (κ3) is 6.18. The summed E-state index contributed by atoms with van der Waals surface area (Å²) in [6.07, 6.45) is 5.66. The van der Waals surface area contributed by atoms with Crippen LogP contribution in [0.3, 0.4) is 0 Å². The van der Waals surface area contributed by atoms with Crippen LogP contribution in [0.5, 0.6) is 0 Å². The van der Waals surface area contributed by atoms with Gasteiger partial charge in [0.1, 0.15) is 0 Å². The Morgan fingerprint density at radius 2 is 1.83 bits per heavy atom. The molecule has 0 heterocycles. The van der Waals surface area contributed by atoms with Crippen molar-refractivity contribution in [2.75, 3.05) is 0 Å². The molecule has 0 aromatic heterocycles. The van der Waals surface area contributed by atoms with Crippen molar-refractivity contribution >= 4 is 11.9 Å². The Kier molecular flexibility index (Phi) is 5.84. The molecule has 1 atom stereocenters. The van der Waals surface area contributed by atoms with E-state index in [1.165, 1.54) is 29.5 Å². The average molecular weight is 316 g/mol. The van der Waals surface area contributed by atoms with E-state index in [2.05, 4.69) is 47.6 Å². The minimum absolute atomic E-state index is 0.0547. The average Bonchev–Trinajstić information content (AvgIpc) is 3.27. The highest BCUT2D eigenvalue weighted by atomic mass is 15.4. The van der Waals surface area contributed by atoms with Crippen LogP contribution in [0.4, 0.5) is 0 Å². The van der Waals surface area contributed by atoms with E-state index in [0.717, 1.165) is 19.3 Å². The van der Waals surface area contributed by atoms with Crippen LogP contribution in [0.15, 0.2) is 28.3 Å². The molecule has 23 heavy (non-hydrogen) atoms. The predicted molar refractivity (Wildman–Crippen MR) is 95.9 cm³/mol. The Balaban J connectivity index is 1.87. The second kappa shape index (κ2) is 7.85. The molecule has 1 aliphatic rings. The Hall–Kier alpha value is -2.24. The van der Waals surface area contributed by atoms with Crippen LogP contribution in [0.1, 0.15) is 42.4 Å². The normalized spacial score (nSPS) is 16.0. The predicted octanol–water partition coefficient (Wildman–Crippen LogP) is 1.50. The number of nitrogens with zero attached hydrogens (tertiary/aromatic N) is 2. The maximum atomic E-state index is 5.83. The van der Waals surface area contributed by atoms with Crippen LogP contribution in [-0.4, -0.2) is 18.0 Å². The van der Waals surface area contributed by atoms with E-state index >= 15 is 0 Å². The summed E-state index contributed by atoms with van der Waals surface area (Å²) in [6, 6.07) is 6.98. The fraction of sp³-hybridized carbons (Fsp3) is 0.529. The van der Waals surface area contributed by atoms with Crippen LogP contribution in [0, 0.1) is 19.8 Å². The van der Waals surface area contributed by atoms with Crippen molar-refractivity contribution in [2.24, 2.45) is 33.2 Å². The highest BCUT2D eigenvalue weighted by Crippen LogP contribution is 2.36. The van der Waals surface area contributed by atoms with Crippen molar-refractivity contribution < 1.29 is 0 Å². The van der Waals surface area contributed by atoms with Gasteiger partial charge in [-0.3, -0.25) is 0 Å². The van der Waals surface area contributed by atoms with E-state index in [1.54, 1.807) is 0 Å². The van der Waals surface area contributed by atoms with Gasteiger partial charge in [0.2, 0.25) is 11.9 Å². The first-order valence-corrected chi connectivity index (χ1v) is 8.19. The van der Waals surface area contributed by atoms with E-state index in [9.17, 15) is 0 Å². The summed E-state index contributed by atoms with van der Waals surface area (Å²) in [6.45, 7) is 4.29. The van der Waals surface area contributed by atoms with E-state index in [0.29, 0.717) is 5.92 Å². The molecule has 7 N–H and O–H groups in total. The van der Waals surface area contributed by atoms with Gasteiger partial charge in [0, 0.05) is 0 Å². The van der Waals surface area contributed by atoms with Crippen LogP contribution in [0.25, 0.3) is 0 Å². The monoisotopic (exact) mass is 316 g/mol. The second-order valence-corrected chi connectivity index (χ2v) is 6.46. The fourth-order valence-electron chi connectivity index (χ4n) is 2.94. The van der Waals surface area contributed by atoms with Gasteiger partial charge in [-0.05, 0) is 57.4 Å². The molecular weight excluding hydrogens is 288 g/mol. The van der Waals surface area contributed by atoms with Crippen molar-refractivity contribution in [1.29, 1.82) is 0 Å². The maximum absolute atomic E-state index is 5.83. The standard InChI is InChI=1S/C17H28N6/c1-11-8-12(2)10-13(9-11)4-3-5-15(14-6-7-14)21-17(20)23-22-16(18)19/h8-10,14-15H,3-7H2,1-2H3,(H4,18,19,22)(H3,20,21,23). The highest BCUT2D eigenvalue weighted by Gasteiger charge is 2.30. The number of benzene rings is 1. The minimum Gasteiger partial charge on any atom is -0.369 e. The van der Waals surface area contributed by atoms with Crippen LogP contribution < -0.4 is 22.6 Å². The van der Waals surface area contributed by atoms with Gasteiger partial charge < -0.3 is 17.2 Å². The maximum Gasteiger partial charge on any atom is 0.209 e. The van der Waals surface area contributed by atoms with Gasteiger partial charge in [-0.2, -0.15) is 0 Å². The number of nitrogens with one attached hydrogen (secondary N) is 1. The molecule has 0 spiro atoms. The molecule has 6 heteroatoms. The lowest BCUT2D eigenvalue weighted by Gasteiger charge is -2.13. The first-order valence-electron chi connectivity index (χ1n) is 8.19. The van der Waals surface area contributed by atoms with Gasteiger partial charge in [0.15, 0.2) is 0 Å². The zero-order chi connectivity index (χ0) is 16.8. The SMILES string of the molecule is Cc1cc(C)cc(CCCC(N=C(N)NN=C(N)N)C2CC2)c1. The quantitative estimate of drug-likeness (QED) is 0.346. The molecule has 0 bridgehead atoms. The van der Waals surface area contributed by atoms with Gasteiger partial charge in [-0.25, -0.2) is 10.4 Å². The first kappa shape index (κ1) is 17.1. The van der Waals surface area contributed by atoms with E-state index in [-0.39, 0.29) is 18.0 Å². The van der Waals surface area contributed by atoms with Gasteiger partial charge in [0.05, 0.1) is 6.04 Å². The lowest BCUT2D eigenvalue weighted by Crippen LogP contribution is -2.34. The largest absolute Gasteiger partial charge is 0.369 e. The molecule has 1 aromatic rings. The number of nitrogens with two attached hydrogens (primary N) is 3. The molecule has 1 saturated carbocycles. The minimum atomic E-state index is -0.0547. The molecule has 1 aromatic carbocycles. The molecule has 6 nitrogen and oxygen atoms in total. The molecule has 0 saturated heterocycles. The van der Waals surface area contributed by atoms with Crippen molar-refractivity contribution in [3.05, 3.63) is 34.9 Å². The summed E-state index contributed by atoms with van der Waals surface area (Å²) in [5.41, 5.74) is 23.0. The summed E-state index contributed by atoms with van der Waals surface area (Å²) < 4.78 is 0. The molecular formula is C17H28N6. The zero-order valence-corrected chi connectivity index (χ0v) is 14.0. The number of hydrogen-bond acceptors (Lipinski definition) is 2. The Bertz CT molecular complexity index is 564. The molecule has 1 fully saturated rings. The van der Waals surface area contributed by atoms with E-state index < -0.39 is 0 Å². The second-order valence-electron chi connectivity index (χ2n) is 6.46. The number of guanidine groups is 2. The third-order valence-corrected chi connectivity index (χ3v) is 4.02. The van der Waals surface area contributed by atoms with Gasteiger partial charge >= 0.3 is 0 Å². The van der Waals surface area contributed by atoms with Crippen LogP contribution >= 0.6 is 0 Å². The Morgan fingerprint density at radius 3 is 2.39 bits per heavy atom. The smallest absolute Gasteiger partial charge is 0.209 e. The molecule has 1 unspecified atom stereocenters. The number of aryl methyl sites for hydroxylation is 3. The summed E-state index contributed by atoms with van der Waals surface area (Å²) in [5.74, 6) is 0.872. The zero-order valence-electron chi connectivity index (χ0n) is 14.0. The molecule has 1 aliphatic carbocycles. The number of hydrazone groups is 1. The van der Waals surface area contributed by atoms with Crippen molar-refractivity contribution in [2.45, 2.75) is 52.0 Å². The molecule has 126 valence electrons. The molecule has 0 amide bonds. The third-order valence-electron chi connectivity index (χ3n) is 4.02. The molecule has 0 aliphatic heterocycles. The van der Waals surface area contributed by atoms with Crippen molar-refractivity contribution in [1.82, 2.24) is 5.43 Å². The summed E-state index contributed by atoms with van der Waals surface area (Å²) in [7, 11) is 0. The highest BCUT2D eigenvalue weighted by molar-refractivity contribution is 5.81. The Labute approximate surface area is 138 Å². The number of rotatable bonds is 7. The Morgan fingerprint density at radius 1 is 1.17 bits per heavy atom. The first-order chi connectivity index (χ1) is 10.9. The summed E-state index contributed by atoms with van der Waals surface area (Å²) >= 11 is 0. The van der Waals surface area contributed by atoms with E-state index in [1.807, 2.05) is 0 Å². The topological polar surface area (TPSA) is 115 Å². The fourth-order valence-corrected chi connectivity index (χ4v) is 2.94. The van der Waals surface area contributed by atoms with Crippen molar-refractivity contribution in [3.8, 4) is 0 Å². The lowest BCUT2D eigenvalue weighted by molar-refractivity contribution is 0.528. The number of hydrogen-bond donors (Lipinski definition) is 4. The molecule has 2 rings (SSSR count). The number of aliphatic imine (C=N–C) groups is 1. The summed E-state index contributed by atoms with van der Waals surface area (Å²) in [5, 5.41) is 3.67. The van der Waals surface area contributed by atoms with Crippen LogP contribution in [-0.2, 0) is 6.42 Å². The molecule has 0 radical (unpaired) electrons. The van der Waals surface area contributed by atoms with Gasteiger partial charge in [-0.15, -0.1) is 5.10 Å². The van der Waals surface area contributed by atoms with Crippen LogP contribution in [0.2, 0.25) is 0 Å². The van der Waals surface area contributed by atoms with Gasteiger partial charge in [0.25, 0.3) is 0 Å². The van der Waals surface area contributed by atoms with E-state index in [4.69, 9.17) is 17.2 Å². The van der Waals surface area contributed by atoms with Gasteiger partial charge in [-0.1, -0.05) is 29.3 Å². The lowest BCUT2D eigenvalue weighted by atomic mass is 9.99. The van der Waals surface area contributed by atoms with Crippen molar-refractivity contribution in [3.63, 3.8) is 0 Å².